The van der Waals surface area contributed by atoms with Crippen molar-refractivity contribution in [3.63, 3.8) is 0 Å². The molecule has 1 saturated heterocycles. The van der Waals surface area contributed by atoms with Gasteiger partial charge in [-0.3, -0.25) is 4.79 Å². The van der Waals surface area contributed by atoms with Crippen LogP contribution in [0.15, 0.2) is 48.5 Å². The van der Waals surface area contributed by atoms with E-state index in [1.54, 1.807) is 11.0 Å². The summed E-state index contributed by atoms with van der Waals surface area (Å²) < 4.78 is 0. The van der Waals surface area contributed by atoms with Crippen LogP contribution in [0.2, 0.25) is 10.0 Å². The Morgan fingerprint density at radius 2 is 1.64 bits per heavy atom. The first-order valence-corrected chi connectivity index (χ1v) is 10.1. The molecule has 0 aliphatic carbocycles. The lowest BCUT2D eigenvalue weighted by Crippen LogP contribution is -2.46. The summed E-state index contributed by atoms with van der Waals surface area (Å²) in [6.07, 6.45) is 1.98. The number of carbonyl (C=O) groups excluding carboxylic acids is 2. The number of likely N-dealkylation sites (tertiary alicyclic amines) is 1. The van der Waals surface area contributed by atoms with Crippen molar-refractivity contribution in [2.24, 2.45) is 5.92 Å². The van der Waals surface area contributed by atoms with E-state index in [9.17, 15) is 9.59 Å². The van der Waals surface area contributed by atoms with Crippen LogP contribution >= 0.6 is 23.2 Å². The van der Waals surface area contributed by atoms with Gasteiger partial charge < -0.3 is 15.5 Å². The number of amides is 3. The minimum Gasteiger partial charge on any atom is -0.338 e. The summed E-state index contributed by atoms with van der Waals surface area (Å²) in [4.78, 5) is 26.5. The molecule has 148 valence electrons. The first kappa shape index (κ1) is 20.5. The standard InChI is InChI=1S/C21H23Cl2N3O2/c22-17-12-15(13-18(23)14-17)6-9-24-21(28)26-10-7-16(8-11-26)20(27)25-19-4-2-1-3-5-19/h1-5,12-14,16H,6-11H2,(H,24,28)(H,25,27). The summed E-state index contributed by atoms with van der Waals surface area (Å²) in [6.45, 7) is 1.65. The number of carbonyl (C=O) groups is 2. The smallest absolute Gasteiger partial charge is 0.317 e. The normalized spacial score (nSPS) is 14.6. The molecule has 1 fully saturated rings. The Labute approximate surface area is 175 Å². The Morgan fingerprint density at radius 3 is 2.29 bits per heavy atom. The molecule has 1 aliphatic rings. The van der Waals surface area contributed by atoms with E-state index in [2.05, 4.69) is 10.6 Å². The van der Waals surface area contributed by atoms with E-state index in [-0.39, 0.29) is 17.9 Å². The largest absolute Gasteiger partial charge is 0.338 e. The number of hydrogen-bond acceptors (Lipinski definition) is 2. The molecule has 28 heavy (non-hydrogen) atoms. The lowest BCUT2D eigenvalue weighted by molar-refractivity contribution is -0.121. The summed E-state index contributed by atoms with van der Waals surface area (Å²) in [6, 6.07) is 14.7. The third-order valence-electron chi connectivity index (χ3n) is 4.81. The fourth-order valence-corrected chi connectivity index (χ4v) is 3.86. The van der Waals surface area contributed by atoms with Crippen molar-refractivity contribution in [2.75, 3.05) is 25.0 Å². The molecule has 3 rings (SSSR count). The lowest BCUT2D eigenvalue weighted by atomic mass is 9.96. The summed E-state index contributed by atoms with van der Waals surface area (Å²) in [7, 11) is 0. The second-order valence-electron chi connectivity index (χ2n) is 6.88. The summed E-state index contributed by atoms with van der Waals surface area (Å²) in [5.74, 6) is -0.0537. The zero-order valence-electron chi connectivity index (χ0n) is 15.5. The number of anilines is 1. The highest BCUT2D eigenvalue weighted by Crippen LogP contribution is 2.20. The van der Waals surface area contributed by atoms with Gasteiger partial charge in [-0.2, -0.15) is 0 Å². The molecule has 0 atom stereocenters. The molecule has 0 saturated carbocycles. The molecule has 5 nitrogen and oxygen atoms in total. The van der Waals surface area contributed by atoms with Crippen LogP contribution in [-0.4, -0.2) is 36.5 Å². The first-order valence-electron chi connectivity index (χ1n) is 9.35. The van der Waals surface area contributed by atoms with Crippen molar-refractivity contribution in [3.8, 4) is 0 Å². The highest BCUT2D eigenvalue weighted by Gasteiger charge is 2.27. The predicted molar refractivity (Wildman–Crippen MR) is 113 cm³/mol. The Balaban J connectivity index is 1.40. The van der Waals surface area contributed by atoms with Crippen LogP contribution in [0.4, 0.5) is 10.5 Å². The molecular formula is C21H23Cl2N3O2. The van der Waals surface area contributed by atoms with Gasteiger partial charge in [0, 0.05) is 41.3 Å². The Bertz CT molecular complexity index is 801. The summed E-state index contributed by atoms with van der Waals surface area (Å²) >= 11 is 12.0. The monoisotopic (exact) mass is 419 g/mol. The number of nitrogens with zero attached hydrogens (tertiary/aromatic N) is 1. The third-order valence-corrected chi connectivity index (χ3v) is 5.24. The molecular weight excluding hydrogens is 397 g/mol. The van der Waals surface area contributed by atoms with Gasteiger partial charge >= 0.3 is 6.03 Å². The Hall–Kier alpha value is -2.24. The van der Waals surface area contributed by atoms with Crippen molar-refractivity contribution in [3.05, 3.63) is 64.1 Å². The van der Waals surface area contributed by atoms with E-state index in [1.807, 2.05) is 42.5 Å². The van der Waals surface area contributed by atoms with Crippen LogP contribution in [0.5, 0.6) is 0 Å². The highest BCUT2D eigenvalue weighted by atomic mass is 35.5. The van der Waals surface area contributed by atoms with E-state index in [1.165, 1.54) is 0 Å². The van der Waals surface area contributed by atoms with Crippen LogP contribution in [-0.2, 0) is 11.2 Å². The molecule has 3 amide bonds. The van der Waals surface area contributed by atoms with Crippen LogP contribution in [0, 0.1) is 5.92 Å². The Kier molecular flexibility index (Phi) is 7.18. The molecule has 7 heteroatoms. The molecule has 2 aromatic carbocycles. The number of piperidine rings is 1. The zero-order valence-corrected chi connectivity index (χ0v) is 17.0. The minimum absolute atomic E-state index is 0.0177. The number of halogens is 2. The summed E-state index contributed by atoms with van der Waals surface area (Å²) in [5, 5.41) is 7.04. The van der Waals surface area contributed by atoms with Crippen LogP contribution in [0.25, 0.3) is 0 Å². The third kappa shape index (κ3) is 5.88. The topological polar surface area (TPSA) is 61.4 Å². The number of nitrogens with one attached hydrogen (secondary N) is 2. The molecule has 0 radical (unpaired) electrons. The molecule has 0 bridgehead atoms. The van der Waals surface area contributed by atoms with Gasteiger partial charge in [-0.15, -0.1) is 0 Å². The van der Waals surface area contributed by atoms with Gasteiger partial charge in [-0.05, 0) is 55.2 Å². The molecule has 0 unspecified atom stereocenters. The molecule has 2 aromatic rings. The van der Waals surface area contributed by atoms with E-state index < -0.39 is 0 Å². The zero-order chi connectivity index (χ0) is 19.9. The first-order chi connectivity index (χ1) is 13.5. The van der Waals surface area contributed by atoms with Crippen molar-refractivity contribution in [1.82, 2.24) is 10.2 Å². The molecule has 0 aromatic heterocycles. The maximum absolute atomic E-state index is 12.4. The quantitative estimate of drug-likeness (QED) is 0.743. The number of urea groups is 1. The van der Waals surface area contributed by atoms with Crippen molar-refractivity contribution < 1.29 is 9.59 Å². The van der Waals surface area contributed by atoms with Gasteiger partial charge in [-0.1, -0.05) is 41.4 Å². The SMILES string of the molecule is O=C(Nc1ccccc1)C1CCN(C(=O)NCCc2cc(Cl)cc(Cl)c2)CC1. The van der Waals surface area contributed by atoms with Gasteiger partial charge in [0.05, 0.1) is 0 Å². The fraction of sp³-hybridized carbons (Fsp3) is 0.333. The summed E-state index contributed by atoms with van der Waals surface area (Å²) in [5.41, 5.74) is 1.78. The average Bonchev–Trinajstić information content (AvgIpc) is 2.68. The average molecular weight is 420 g/mol. The number of hydrogen-bond donors (Lipinski definition) is 2. The Morgan fingerprint density at radius 1 is 1.00 bits per heavy atom. The van der Waals surface area contributed by atoms with Crippen molar-refractivity contribution in [2.45, 2.75) is 19.3 Å². The maximum atomic E-state index is 12.4. The number of benzene rings is 2. The van der Waals surface area contributed by atoms with Crippen LogP contribution in [0.3, 0.4) is 0 Å². The van der Waals surface area contributed by atoms with Gasteiger partial charge in [0.25, 0.3) is 0 Å². The second kappa shape index (κ2) is 9.80. The van der Waals surface area contributed by atoms with E-state index in [0.717, 1.165) is 11.3 Å². The van der Waals surface area contributed by atoms with Gasteiger partial charge in [-0.25, -0.2) is 4.79 Å². The number of rotatable bonds is 5. The lowest BCUT2D eigenvalue weighted by Gasteiger charge is -2.31. The van der Waals surface area contributed by atoms with Gasteiger partial charge in [0.2, 0.25) is 5.91 Å². The molecule has 1 heterocycles. The van der Waals surface area contributed by atoms with Crippen molar-refractivity contribution in [1.29, 1.82) is 0 Å². The van der Waals surface area contributed by atoms with Crippen LogP contribution < -0.4 is 10.6 Å². The minimum atomic E-state index is -0.102. The van der Waals surface area contributed by atoms with E-state index in [4.69, 9.17) is 23.2 Å². The van der Waals surface area contributed by atoms with E-state index >= 15 is 0 Å². The molecule has 1 aliphatic heterocycles. The van der Waals surface area contributed by atoms with Crippen molar-refractivity contribution >= 4 is 40.8 Å². The predicted octanol–water partition coefficient (Wildman–Crippen LogP) is 4.60. The second-order valence-corrected chi connectivity index (χ2v) is 7.75. The van der Waals surface area contributed by atoms with Gasteiger partial charge in [0.1, 0.15) is 0 Å². The number of para-hydroxylation sites is 1. The maximum Gasteiger partial charge on any atom is 0.317 e. The highest BCUT2D eigenvalue weighted by molar-refractivity contribution is 6.34. The van der Waals surface area contributed by atoms with Gasteiger partial charge in [0.15, 0.2) is 0 Å². The fourth-order valence-electron chi connectivity index (χ4n) is 3.29. The van der Waals surface area contributed by atoms with E-state index in [0.29, 0.717) is 48.9 Å². The molecule has 0 spiro atoms. The van der Waals surface area contributed by atoms with Crippen LogP contribution in [0.1, 0.15) is 18.4 Å². The molecule has 2 N–H and O–H groups in total.